The standard InChI is InChI=1S/C16H22ClFN2/c17-12-10-15(14(19)11-13(12)18)20-8-6-16(7-9-20)4-2-1-3-5-16/h10-11H,1-9,19H2. The molecule has 20 heavy (non-hydrogen) atoms. The van der Waals surface area contributed by atoms with Crippen molar-refractivity contribution in [3.8, 4) is 0 Å². The zero-order valence-electron chi connectivity index (χ0n) is 11.8. The molecule has 4 heteroatoms. The fourth-order valence-electron chi connectivity index (χ4n) is 3.85. The molecule has 2 nitrogen and oxygen atoms in total. The van der Waals surface area contributed by atoms with E-state index < -0.39 is 5.82 Å². The van der Waals surface area contributed by atoms with Crippen LogP contribution in [0.3, 0.4) is 0 Å². The summed E-state index contributed by atoms with van der Waals surface area (Å²) < 4.78 is 13.4. The maximum atomic E-state index is 13.4. The maximum Gasteiger partial charge on any atom is 0.143 e. The van der Waals surface area contributed by atoms with E-state index in [1.165, 1.54) is 51.0 Å². The topological polar surface area (TPSA) is 29.3 Å². The molecule has 0 aromatic heterocycles. The first-order valence-electron chi connectivity index (χ1n) is 7.59. The summed E-state index contributed by atoms with van der Waals surface area (Å²) in [6.07, 6.45) is 9.35. The first-order chi connectivity index (χ1) is 9.60. The van der Waals surface area contributed by atoms with Gasteiger partial charge in [-0.05, 0) is 37.2 Å². The molecule has 1 saturated carbocycles. The summed E-state index contributed by atoms with van der Waals surface area (Å²) in [6, 6.07) is 3.01. The molecule has 1 aromatic rings. The van der Waals surface area contributed by atoms with Crippen LogP contribution in [0.5, 0.6) is 0 Å². The van der Waals surface area contributed by atoms with E-state index in [0.29, 0.717) is 11.1 Å². The fraction of sp³-hybridized carbons (Fsp3) is 0.625. The average Bonchev–Trinajstić information content (AvgIpc) is 2.45. The number of nitrogens with zero attached hydrogens (tertiary/aromatic N) is 1. The monoisotopic (exact) mass is 296 g/mol. The number of halogens is 2. The highest BCUT2D eigenvalue weighted by molar-refractivity contribution is 6.31. The summed E-state index contributed by atoms with van der Waals surface area (Å²) >= 11 is 5.89. The Morgan fingerprint density at radius 1 is 1.05 bits per heavy atom. The van der Waals surface area contributed by atoms with Gasteiger partial charge in [-0.15, -0.1) is 0 Å². The highest BCUT2D eigenvalue weighted by Gasteiger charge is 2.35. The van der Waals surface area contributed by atoms with Gasteiger partial charge in [0.15, 0.2) is 0 Å². The summed E-state index contributed by atoms with van der Waals surface area (Å²) in [4.78, 5) is 2.26. The summed E-state index contributed by atoms with van der Waals surface area (Å²) in [7, 11) is 0. The van der Waals surface area contributed by atoms with Crippen LogP contribution in [-0.4, -0.2) is 13.1 Å². The third-order valence-corrected chi connectivity index (χ3v) is 5.44. The van der Waals surface area contributed by atoms with Crippen LogP contribution in [0, 0.1) is 11.2 Å². The Morgan fingerprint density at radius 3 is 2.35 bits per heavy atom. The van der Waals surface area contributed by atoms with Crippen molar-refractivity contribution in [2.24, 2.45) is 5.41 Å². The molecule has 1 heterocycles. The number of nitrogens with two attached hydrogens (primary N) is 1. The van der Waals surface area contributed by atoms with Gasteiger partial charge in [-0.3, -0.25) is 0 Å². The Hall–Kier alpha value is -0.960. The van der Waals surface area contributed by atoms with Crippen LogP contribution >= 0.6 is 11.6 Å². The molecule has 0 unspecified atom stereocenters. The SMILES string of the molecule is Nc1cc(F)c(Cl)cc1N1CCC2(CCCCC2)CC1. The van der Waals surface area contributed by atoms with E-state index in [1.807, 2.05) is 0 Å². The number of piperidine rings is 1. The second kappa shape index (κ2) is 5.44. The number of nitrogen functional groups attached to an aromatic ring is 1. The Labute approximate surface area is 125 Å². The third-order valence-electron chi connectivity index (χ3n) is 5.15. The lowest BCUT2D eigenvalue weighted by atomic mass is 9.68. The van der Waals surface area contributed by atoms with E-state index in [2.05, 4.69) is 4.90 Å². The zero-order chi connectivity index (χ0) is 14.2. The van der Waals surface area contributed by atoms with Crippen molar-refractivity contribution in [3.63, 3.8) is 0 Å². The van der Waals surface area contributed by atoms with Crippen LogP contribution in [0.2, 0.25) is 5.02 Å². The smallest absolute Gasteiger partial charge is 0.143 e. The number of anilines is 2. The van der Waals surface area contributed by atoms with E-state index in [1.54, 1.807) is 6.07 Å². The van der Waals surface area contributed by atoms with Crippen LogP contribution in [0.1, 0.15) is 44.9 Å². The molecule has 1 aliphatic heterocycles. The van der Waals surface area contributed by atoms with Crippen molar-refractivity contribution in [3.05, 3.63) is 23.0 Å². The molecular weight excluding hydrogens is 275 g/mol. The predicted molar refractivity (Wildman–Crippen MR) is 82.8 cm³/mol. The van der Waals surface area contributed by atoms with E-state index in [0.717, 1.165) is 18.8 Å². The highest BCUT2D eigenvalue weighted by atomic mass is 35.5. The van der Waals surface area contributed by atoms with Gasteiger partial charge in [0, 0.05) is 19.2 Å². The van der Waals surface area contributed by atoms with Crippen LogP contribution in [0.4, 0.5) is 15.8 Å². The molecule has 0 bridgehead atoms. The molecule has 2 fully saturated rings. The molecule has 3 rings (SSSR count). The minimum atomic E-state index is -0.436. The molecule has 1 aliphatic carbocycles. The Morgan fingerprint density at radius 2 is 1.70 bits per heavy atom. The highest BCUT2D eigenvalue weighted by Crippen LogP contribution is 2.45. The van der Waals surface area contributed by atoms with Gasteiger partial charge in [0.1, 0.15) is 5.82 Å². The maximum absolute atomic E-state index is 13.4. The van der Waals surface area contributed by atoms with Crippen LogP contribution in [-0.2, 0) is 0 Å². The van der Waals surface area contributed by atoms with E-state index in [9.17, 15) is 4.39 Å². The minimum absolute atomic E-state index is 0.159. The van der Waals surface area contributed by atoms with Gasteiger partial charge in [0.2, 0.25) is 0 Å². The summed E-state index contributed by atoms with van der Waals surface area (Å²) in [6.45, 7) is 2.01. The number of hydrogen-bond donors (Lipinski definition) is 1. The lowest BCUT2D eigenvalue weighted by Gasteiger charge is -2.45. The molecule has 0 atom stereocenters. The molecule has 0 radical (unpaired) electrons. The summed E-state index contributed by atoms with van der Waals surface area (Å²) in [5, 5.41) is 0.159. The zero-order valence-corrected chi connectivity index (χ0v) is 12.6. The van der Waals surface area contributed by atoms with Gasteiger partial charge in [-0.2, -0.15) is 0 Å². The molecule has 110 valence electrons. The van der Waals surface area contributed by atoms with Gasteiger partial charge in [-0.25, -0.2) is 4.39 Å². The predicted octanol–water partition coefficient (Wildman–Crippen LogP) is 4.61. The van der Waals surface area contributed by atoms with Crippen molar-refractivity contribution in [1.82, 2.24) is 0 Å². The first kappa shape index (κ1) is 14.0. The summed E-state index contributed by atoms with van der Waals surface area (Å²) in [5.74, 6) is -0.436. The van der Waals surface area contributed by atoms with Crippen LogP contribution < -0.4 is 10.6 Å². The van der Waals surface area contributed by atoms with Gasteiger partial charge in [-0.1, -0.05) is 30.9 Å². The van der Waals surface area contributed by atoms with Crippen molar-refractivity contribution >= 4 is 23.0 Å². The van der Waals surface area contributed by atoms with Gasteiger partial charge in [0.05, 0.1) is 16.4 Å². The van der Waals surface area contributed by atoms with Crippen molar-refractivity contribution in [2.45, 2.75) is 44.9 Å². The quantitative estimate of drug-likeness (QED) is 0.767. The number of benzene rings is 1. The average molecular weight is 297 g/mol. The minimum Gasteiger partial charge on any atom is -0.397 e. The van der Waals surface area contributed by atoms with Crippen LogP contribution in [0.15, 0.2) is 12.1 Å². The number of rotatable bonds is 1. The number of hydrogen-bond acceptors (Lipinski definition) is 2. The van der Waals surface area contributed by atoms with Gasteiger partial charge < -0.3 is 10.6 Å². The largest absolute Gasteiger partial charge is 0.397 e. The van der Waals surface area contributed by atoms with E-state index in [4.69, 9.17) is 17.3 Å². The van der Waals surface area contributed by atoms with Crippen LogP contribution in [0.25, 0.3) is 0 Å². The molecule has 2 aliphatic rings. The lowest BCUT2D eigenvalue weighted by Crippen LogP contribution is -2.41. The fourth-order valence-corrected chi connectivity index (χ4v) is 4.01. The first-order valence-corrected chi connectivity index (χ1v) is 7.97. The Balaban J connectivity index is 1.73. The molecular formula is C16H22ClFN2. The molecule has 1 spiro atoms. The normalized spacial score (nSPS) is 22.2. The lowest BCUT2D eigenvalue weighted by molar-refractivity contribution is 0.144. The molecule has 0 amide bonds. The molecule has 1 saturated heterocycles. The Kier molecular flexibility index (Phi) is 3.80. The summed E-state index contributed by atoms with van der Waals surface area (Å²) in [5.41, 5.74) is 7.90. The second-order valence-electron chi connectivity index (χ2n) is 6.37. The van der Waals surface area contributed by atoms with E-state index in [-0.39, 0.29) is 5.02 Å². The Bertz CT molecular complexity index is 487. The van der Waals surface area contributed by atoms with Gasteiger partial charge >= 0.3 is 0 Å². The van der Waals surface area contributed by atoms with Crippen molar-refractivity contribution in [2.75, 3.05) is 23.7 Å². The van der Waals surface area contributed by atoms with E-state index >= 15 is 0 Å². The molecule has 2 N–H and O–H groups in total. The second-order valence-corrected chi connectivity index (χ2v) is 6.78. The molecule has 1 aromatic carbocycles. The van der Waals surface area contributed by atoms with Crippen molar-refractivity contribution in [1.29, 1.82) is 0 Å². The van der Waals surface area contributed by atoms with Crippen molar-refractivity contribution < 1.29 is 4.39 Å². The van der Waals surface area contributed by atoms with Gasteiger partial charge in [0.25, 0.3) is 0 Å². The third kappa shape index (κ3) is 2.60.